The number of nitrogens with one attached hydrogen (secondary N) is 1. The van der Waals surface area contributed by atoms with Crippen LogP contribution in [0.3, 0.4) is 0 Å². The maximum Gasteiger partial charge on any atom is 0.322 e. The SMILES string of the molecule is O=C(Nc1c(F)cc(Cl)cc1F)N1CCC(CO)C1. The Morgan fingerprint density at radius 2 is 2.11 bits per heavy atom. The summed E-state index contributed by atoms with van der Waals surface area (Å²) in [6.07, 6.45) is 0.676. The quantitative estimate of drug-likeness (QED) is 0.879. The second kappa shape index (κ2) is 5.71. The molecule has 4 nitrogen and oxygen atoms in total. The van der Waals surface area contributed by atoms with Crippen molar-refractivity contribution in [1.82, 2.24) is 4.90 Å². The fraction of sp³-hybridized carbons (Fsp3) is 0.417. The Morgan fingerprint density at radius 3 is 2.63 bits per heavy atom. The molecule has 1 unspecified atom stereocenters. The highest BCUT2D eigenvalue weighted by Gasteiger charge is 2.26. The van der Waals surface area contributed by atoms with E-state index in [4.69, 9.17) is 16.7 Å². The van der Waals surface area contributed by atoms with Gasteiger partial charge in [0.2, 0.25) is 0 Å². The smallest absolute Gasteiger partial charge is 0.322 e. The first-order chi connectivity index (χ1) is 9.01. The fourth-order valence-corrected chi connectivity index (χ4v) is 2.21. The molecular formula is C12H13ClF2N2O2. The highest BCUT2D eigenvalue weighted by molar-refractivity contribution is 6.30. The van der Waals surface area contributed by atoms with Crippen LogP contribution in [-0.2, 0) is 0 Å². The predicted molar refractivity (Wildman–Crippen MR) is 67.2 cm³/mol. The van der Waals surface area contributed by atoms with Gasteiger partial charge in [-0.15, -0.1) is 0 Å². The van der Waals surface area contributed by atoms with E-state index in [0.717, 1.165) is 12.1 Å². The van der Waals surface area contributed by atoms with Crippen molar-refractivity contribution in [2.75, 3.05) is 25.0 Å². The highest BCUT2D eigenvalue weighted by atomic mass is 35.5. The third-order valence-corrected chi connectivity index (χ3v) is 3.29. The van der Waals surface area contributed by atoms with Gasteiger partial charge in [0.1, 0.15) is 5.69 Å². The summed E-state index contributed by atoms with van der Waals surface area (Å²) >= 11 is 5.49. The summed E-state index contributed by atoms with van der Waals surface area (Å²) in [4.78, 5) is 13.2. The molecule has 0 bridgehead atoms. The van der Waals surface area contributed by atoms with Gasteiger partial charge >= 0.3 is 6.03 Å². The minimum atomic E-state index is -0.920. The predicted octanol–water partition coefficient (Wildman–Crippen LogP) is 2.46. The average Bonchev–Trinajstić information content (AvgIpc) is 2.82. The van der Waals surface area contributed by atoms with Gasteiger partial charge in [-0.2, -0.15) is 0 Å². The summed E-state index contributed by atoms with van der Waals surface area (Å²) in [5.74, 6) is -1.82. The van der Waals surface area contributed by atoms with Crippen molar-refractivity contribution in [3.8, 4) is 0 Å². The molecule has 0 saturated carbocycles. The molecule has 2 rings (SSSR count). The normalized spacial score (nSPS) is 18.7. The molecule has 1 aromatic rings. The number of carbonyl (C=O) groups excluding carboxylic acids is 1. The van der Waals surface area contributed by atoms with Crippen LogP contribution in [0.1, 0.15) is 6.42 Å². The Kier molecular flexibility index (Phi) is 4.21. The van der Waals surface area contributed by atoms with Crippen molar-refractivity contribution >= 4 is 23.3 Å². The number of hydrogen-bond acceptors (Lipinski definition) is 2. The van der Waals surface area contributed by atoms with Gasteiger partial charge in [0.15, 0.2) is 11.6 Å². The summed E-state index contributed by atoms with van der Waals surface area (Å²) in [6, 6.07) is 1.28. The summed E-state index contributed by atoms with van der Waals surface area (Å²) < 4.78 is 27.0. The lowest BCUT2D eigenvalue weighted by Crippen LogP contribution is -2.33. The molecule has 2 amide bonds. The van der Waals surface area contributed by atoms with E-state index in [2.05, 4.69) is 5.32 Å². The van der Waals surface area contributed by atoms with Gasteiger partial charge in [0.25, 0.3) is 0 Å². The minimum Gasteiger partial charge on any atom is -0.396 e. The van der Waals surface area contributed by atoms with Crippen LogP contribution >= 0.6 is 11.6 Å². The van der Waals surface area contributed by atoms with Gasteiger partial charge in [-0.3, -0.25) is 0 Å². The molecule has 0 aromatic heterocycles. The van der Waals surface area contributed by atoms with Crippen LogP contribution in [0.25, 0.3) is 0 Å². The Morgan fingerprint density at radius 1 is 1.47 bits per heavy atom. The number of urea groups is 1. The summed E-state index contributed by atoms with van der Waals surface area (Å²) in [5.41, 5.74) is -0.512. The third kappa shape index (κ3) is 3.13. The van der Waals surface area contributed by atoms with Gasteiger partial charge in [-0.05, 0) is 18.6 Å². The van der Waals surface area contributed by atoms with Crippen molar-refractivity contribution < 1.29 is 18.7 Å². The van der Waals surface area contributed by atoms with Crippen molar-refractivity contribution in [3.05, 3.63) is 28.8 Å². The number of amides is 2. The van der Waals surface area contributed by atoms with Crippen molar-refractivity contribution in [3.63, 3.8) is 0 Å². The van der Waals surface area contributed by atoms with Gasteiger partial charge in [0.05, 0.1) is 0 Å². The summed E-state index contributed by atoms with van der Waals surface area (Å²) in [7, 11) is 0. The second-order valence-corrected chi connectivity index (χ2v) is 4.89. The van der Waals surface area contributed by atoms with Crippen LogP contribution in [0.15, 0.2) is 12.1 Å². The zero-order valence-corrected chi connectivity index (χ0v) is 10.8. The molecule has 1 aromatic carbocycles. The topological polar surface area (TPSA) is 52.6 Å². The Bertz CT molecular complexity index is 476. The van der Waals surface area contributed by atoms with E-state index in [1.807, 2.05) is 0 Å². The first kappa shape index (κ1) is 14.0. The number of aliphatic hydroxyl groups is 1. The van der Waals surface area contributed by atoms with Crippen molar-refractivity contribution in [2.24, 2.45) is 5.92 Å². The highest BCUT2D eigenvalue weighted by Crippen LogP contribution is 2.24. The van der Waals surface area contributed by atoms with Crippen LogP contribution in [0, 0.1) is 17.6 Å². The molecule has 1 aliphatic rings. The first-order valence-electron chi connectivity index (χ1n) is 5.82. The standard InChI is InChI=1S/C12H13ClF2N2O2/c13-8-3-9(14)11(10(15)4-8)16-12(19)17-2-1-7(5-17)6-18/h3-4,7,18H,1-2,5-6H2,(H,16,19). The molecule has 7 heteroatoms. The largest absolute Gasteiger partial charge is 0.396 e. The molecular weight excluding hydrogens is 278 g/mol. The van der Waals surface area contributed by atoms with Crippen LogP contribution in [0.4, 0.5) is 19.3 Å². The number of benzene rings is 1. The second-order valence-electron chi connectivity index (χ2n) is 4.46. The van der Waals surface area contributed by atoms with Crippen LogP contribution in [0.2, 0.25) is 5.02 Å². The van der Waals surface area contributed by atoms with E-state index in [1.54, 1.807) is 0 Å². The van der Waals surface area contributed by atoms with Crippen molar-refractivity contribution in [2.45, 2.75) is 6.42 Å². The molecule has 1 saturated heterocycles. The maximum atomic E-state index is 13.5. The molecule has 1 atom stereocenters. The van der Waals surface area contributed by atoms with Crippen LogP contribution in [0.5, 0.6) is 0 Å². The zero-order chi connectivity index (χ0) is 14.0. The molecule has 104 valence electrons. The van der Waals surface area contributed by atoms with E-state index in [1.165, 1.54) is 4.90 Å². The number of anilines is 1. The van der Waals surface area contributed by atoms with E-state index < -0.39 is 23.4 Å². The third-order valence-electron chi connectivity index (χ3n) is 3.07. The molecule has 0 aliphatic carbocycles. The Hall–Kier alpha value is -1.40. The monoisotopic (exact) mass is 290 g/mol. The Balaban J connectivity index is 2.08. The molecule has 0 spiro atoms. The van der Waals surface area contributed by atoms with E-state index >= 15 is 0 Å². The van der Waals surface area contributed by atoms with E-state index in [-0.39, 0.29) is 17.5 Å². The van der Waals surface area contributed by atoms with E-state index in [0.29, 0.717) is 19.5 Å². The molecule has 1 fully saturated rings. The van der Waals surface area contributed by atoms with E-state index in [9.17, 15) is 13.6 Å². The van der Waals surface area contributed by atoms with Gasteiger partial charge in [-0.25, -0.2) is 13.6 Å². The molecule has 1 heterocycles. The maximum absolute atomic E-state index is 13.5. The summed E-state index contributed by atoms with van der Waals surface area (Å²) in [6.45, 7) is 0.820. The molecule has 1 aliphatic heterocycles. The molecule has 19 heavy (non-hydrogen) atoms. The fourth-order valence-electron chi connectivity index (χ4n) is 2.01. The van der Waals surface area contributed by atoms with Gasteiger partial charge in [-0.1, -0.05) is 11.6 Å². The number of halogens is 3. The number of aliphatic hydroxyl groups excluding tert-OH is 1. The lowest BCUT2D eigenvalue weighted by molar-refractivity contribution is 0.208. The number of likely N-dealkylation sites (tertiary alicyclic amines) is 1. The average molecular weight is 291 g/mol. The number of hydrogen-bond donors (Lipinski definition) is 2. The van der Waals surface area contributed by atoms with Crippen LogP contribution in [-0.4, -0.2) is 35.7 Å². The Labute approximate surface area is 114 Å². The first-order valence-corrected chi connectivity index (χ1v) is 6.20. The minimum absolute atomic E-state index is 0.00650. The van der Waals surface area contributed by atoms with Crippen molar-refractivity contribution in [1.29, 1.82) is 0 Å². The van der Waals surface area contributed by atoms with Gasteiger partial charge in [0, 0.05) is 30.6 Å². The zero-order valence-electron chi connectivity index (χ0n) is 10.00. The lowest BCUT2D eigenvalue weighted by Gasteiger charge is -2.17. The molecule has 0 radical (unpaired) electrons. The number of rotatable bonds is 2. The molecule has 2 N–H and O–H groups in total. The summed E-state index contributed by atoms with van der Waals surface area (Å²) in [5, 5.41) is 11.1. The van der Waals surface area contributed by atoms with Crippen LogP contribution < -0.4 is 5.32 Å². The van der Waals surface area contributed by atoms with Gasteiger partial charge < -0.3 is 15.3 Å². The number of carbonyl (C=O) groups is 1. The number of nitrogens with zero attached hydrogens (tertiary/aromatic N) is 1. The lowest BCUT2D eigenvalue weighted by atomic mass is 10.1.